The van der Waals surface area contributed by atoms with Crippen LogP contribution < -0.4 is 10.6 Å². The van der Waals surface area contributed by atoms with Crippen LogP contribution in [0.4, 0.5) is 0 Å². The van der Waals surface area contributed by atoms with Crippen molar-refractivity contribution in [2.24, 2.45) is 4.99 Å². The largest absolute Gasteiger partial charge is 0.356 e. The molecule has 0 bridgehead atoms. The number of aliphatic imine (C=N–C) groups is 1. The van der Waals surface area contributed by atoms with Crippen molar-refractivity contribution in [1.29, 1.82) is 0 Å². The van der Waals surface area contributed by atoms with Gasteiger partial charge in [-0.25, -0.2) is 9.97 Å². The van der Waals surface area contributed by atoms with Gasteiger partial charge in [0.1, 0.15) is 12.1 Å². The number of pyridine rings is 1. The van der Waals surface area contributed by atoms with Crippen LogP contribution in [-0.4, -0.2) is 34.1 Å². The summed E-state index contributed by atoms with van der Waals surface area (Å²) in [6.07, 6.45) is 7.17. The van der Waals surface area contributed by atoms with E-state index in [0.717, 1.165) is 23.9 Å². The molecular formula is C21H26N6. The van der Waals surface area contributed by atoms with Gasteiger partial charge in [-0.2, -0.15) is 0 Å². The fraction of sp³-hybridized carbons (Fsp3) is 0.286. The van der Waals surface area contributed by atoms with Crippen LogP contribution in [0.2, 0.25) is 0 Å². The molecule has 140 valence electrons. The molecule has 0 aliphatic heterocycles. The number of nitrogens with zero attached hydrogens (tertiary/aromatic N) is 4. The molecule has 1 aromatic carbocycles. The first kappa shape index (κ1) is 18.6. The predicted molar refractivity (Wildman–Crippen MR) is 109 cm³/mol. The van der Waals surface area contributed by atoms with Gasteiger partial charge in [-0.3, -0.25) is 9.56 Å². The smallest absolute Gasteiger partial charge is 0.191 e. The molecule has 0 amide bonds. The van der Waals surface area contributed by atoms with Crippen LogP contribution in [0.1, 0.15) is 25.0 Å². The van der Waals surface area contributed by atoms with Crippen molar-refractivity contribution < 1.29 is 0 Å². The van der Waals surface area contributed by atoms with Gasteiger partial charge < -0.3 is 10.6 Å². The van der Waals surface area contributed by atoms with E-state index in [2.05, 4.69) is 63.7 Å². The van der Waals surface area contributed by atoms with Crippen molar-refractivity contribution in [3.8, 4) is 5.82 Å². The van der Waals surface area contributed by atoms with Crippen LogP contribution in [0.5, 0.6) is 0 Å². The first-order valence-electron chi connectivity index (χ1n) is 9.02. The molecule has 0 aliphatic carbocycles. The molecule has 3 aromatic rings. The van der Waals surface area contributed by atoms with E-state index in [4.69, 9.17) is 0 Å². The van der Waals surface area contributed by atoms with E-state index in [1.54, 1.807) is 25.8 Å². The second-order valence-electron chi connectivity index (χ2n) is 7.02. The Labute approximate surface area is 160 Å². The lowest BCUT2D eigenvalue weighted by molar-refractivity contribution is 0.508. The molecule has 0 radical (unpaired) electrons. The first-order chi connectivity index (χ1) is 13.1. The van der Waals surface area contributed by atoms with E-state index in [1.165, 1.54) is 5.56 Å². The lowest BCUT2D eigenvalue weighted by Crippen LogP contribution is -2.43. The summed E-state index contributed by atoms with van der Waals surface area (Å²) in [7, 11) is 1.79. The maximum Gasteiger partial charge on any atom is 0.191 e. The third-order valence-corrected chi connectivity index (χ3v) is 4.52. The van der Waals surface area contributed by atoms with Crippen LogP contribution in [0, 0.1) is 0 Å². The Hall–Kier alpha value is -3.15. The average Bonchev–Trinajstić information content (AvgIpc) is 3.24. The maximum atomic E-state index is 4.38. The number of imidazole rings is 1. The van der Waals surface area contributed by atoms with Gasteiger partial charge in [-0.05, 0) is 23.3 Å². The monoisotopic (exact) mass is 362 g/mol. The minimum Gasteiger partial charge on any atom is -0.356 e. The number of aromatic nitrogens is 3. The number of benzene rings is 1. The molecule has 0 atom stereocenters. The third-order valence-electron chi connectivity index (χ3n) is 4.52. The van der Waals surface area contributed by atoms with Crippen molar-refractivity contribution in [3.63, 3.8) is 0 Å². The predicted octanol–water partition coefficient (Wildman–Crippen LogP) is 2.91. The van der Waals surface area contributed by atoms with Crippen molar-refractivity contribution in [2.45, 2.75) is 25.8 Å². The van der Waals surface area contributed by atoms with Crippen LogP contribution in [0.25, 0.3) is 5.82 Å². The molecule has 3 rings (SSSR count). The topological polar surface area (TPSA) is 67.1 Å². The lowest BCUT2D eigenvalue weighted by atomic mass is 9.85. The summed E-state index contributed by atoms with van der Waals surface area (Å²) in [6, 6.07) is 14.5. The van der Waals surface area contributed by atoms with Gasteiger partial charge >= 0.3 is 0 Å². The van der Waals surface area contributed by atoms with Crippen molar-refractivity contribution in [1.82, 2.24) is 25.2 Å². The standard InChI is InChI=1S/C21H26N6/c1-21(2,18-7-5-4-6-8-18)15-26-20(22-3)25-14-17-9-10-24-19(13-17)27-12-11-23-16-27/h4-13,16H,14-15H2,1-3H3,(H2,22,25,26). The number of nitrogens with one attached hydrogen (secondary N) is 2. The molecule has 0 unspecified atom stereocenters. The summed E-state index contributed by atoms with van der Waals surface area (Å²) in [4.78, 5) is 12.8. The molecule has 2 heterocycles. The fourth-order valence-corrected chi connectivity index (χ4v) is 2.81. The summed E-state index contributed by atoms with van der Waals surface area (Å²) in [5.41, 5.74) is 2.43. The van der Waals surface area contributed by atoms with Crippen LogP contribution in [0.15, 0.2) is 72.4 Å². The minimum atomic E-state index is 0.00411. The van der Waals surface area contributed by atoms with Gasteiger partial charge in [0.2, 0.25) is 0 Å². The van der Waals surface area contributed by atoms with Gasteiger partial charge in [0, 0.05) is 44.1 Å². The van der Waals surface area contributed by atoms with E-state index in [9.17, 15) is 0 Å². The van der Waals surface area contributed by atoms with E-state index in [1.807, 2.05) is 29.0 Å². The molecular weight excluding hydrogens is 336 g/mol. The Balaban J connectivity index is 1.58. The SMILES string of the molecule is CN=C(NCc1ccnc(-n2ccnc2)c1)NCC(C)(C)c1ccccc1. The summed E-state index contributed by atoms with van der Waals surface area (Å²) < 4.78 is 1.89. The maximum absolute atomic E-state index is 4.38. The molecule has 0 saturated heterocycles. The molecule has 0 saturated carbocycles. The van der Waals surface area contributed by atoms with Crippen molar-refractivity contribution >= 4 is 5.96 Å². The Morgan fingerprint density at radius 2 is 1.93 bits per heavy atom. The Kier molecular flexibility index (Phi) is 5.86. The molecule has 0 aliphatic rings. The van der Waals surface area contributed by atoms with Crippen molar-refractivity contribution in [3.05, 3.63) is 78.5 Å². The summed E-state index contributed by atoms with van der Waals surface area (Å²) in [6.45, 7) is 5.90. The first-order valence-corrected chi connectivity index (χ1v) is 9.02. The average molecular weight is 362 g/mol. The molecule has 27 heavy (non-hydrogen) atoms. The van der Waals surface area contributed by atoms with Gasteiger partial charge in [-0.15, -0.1) is 0 Å². The molecule has 2 N–H and O–H groups in total. The fourth-order valence-electron chi connectivity index (χ4n) is 2.81. The molecule has 0 fully saturated rings. The number of hydrogen-bond donors (Lipinski definition) is 2. The highest BCUT2D eigenvalue weighted by Crippen LogP contribution is 2.21. The van der Waals surface area contributed by atoms with Crippen LogP contribution >= 0.6 is 0 Å². The quantitative estimate of drug-likeness (QED) is 0.523. The van der Waals surface area contributed by atoms with E-state index in [0.29, 0.717) is 6.54 Å². The zero-order valence-electron chi connectivity index (χ0n) is 16.1. The second kappa shape index (κ2) is 8.49. The molecule has 6 nitrogen and oxygen atoms in total. The van der Waals surface area contributed by atoms with Gasteiger partial charge in [0.25, 0.3) is 0 Å². The van der Waals surface area contributed by atoms with Crippen LogP contribution in [-0.2, 0) is 12.0 Å². The van der Waals surface area contributed by atoms with E-state index in [-0.39, 0.29) is 5.41 Å². The summed E-state index contributed by atoms with van der Waals surface area (Å²) >= 11 is 0. The summed E-state index contributed by atoms with van der Waals surface area (Å²) in [5.74, 6) is 1.62. The third kappa shape index (κ3) is 4.94. The second-order valence-corrected chi connectivity index (χ2v) is 7.02. The number of hydrogen-bond acceptors (Lipinski definition) is 3. The molecule has 2 aromatic heterocycles. The lowest BCUT2D eigenvalue weighted by Gasteiger charge is -2.26. The summed E-state index contributed by atoms with van der Waals surface area (Å²) in [5, 5.41) is 6.80. The normalized spacial score (nSPS) is 12.0. The number of guanidine groups is 1. The molecule has 0 spiro atoms. The zero-order valence-corrected chi connectivity index (χ0v) is 16.1. The van der Waals surface area contributed by atoms with E-state index >= 15 is 0 Å². The van der Waals surface area contributed by atoms with Gasteiger partial charge in [0.05, 0.1) is 0 Å². The van der Waals surface area contributed by atoms with E-state index < -0.39 is 0 Å². The highest BCUT2D eigenvalue weighted by Gasteiger charge is 2.20. The van der Waals surface area contributed by atoms with Crippen LogP contribution in [0.3, 0.4) is 0 Å². The highest BCUT2D eigenvalue weighted by atomic mass is 15.2. The highest BCUT2D eigenvalue weighted by molar-refractivity contribution is 5.79. The zero-order chi connectivity index (χ0) is 19.1. The number of rotatable bonds is 6. The minimum absolute atomic E-state index is 0.00411. The Morgan fingerprint density at radius 1 is 1.11 bits per heavy atom. The van der Waals surface area contributed by atoms with Crippen molar-refractivity contribution in [2.75, 3.05) is 13.6 Å². The Morgan fingerprint density at radius 3 is 2.63 bits per heavy atom. The Bertz CT molecular complexity index is 869. The molecule has 6 heteroatoms. The van der Waals surface area contributed by atoms with Gasteiger partial charge in [0.15, 0.2) is 5.96 Å². The van der Waals surface area contributed by atoms with Gasteiger partial charge in [-0.1, -0.05) is 44.2 Å².